The van der Waals surface area contributed by atoms with E-state index in [4.69, 9.17) is 4.74 Å². The van der Waals surface area contributed by atoms with Gasteiger partial charge >= 0.3 is 0 Å². The molecule has 23 heavy (non-hydrogen) atoms. The molecule has 0 aliphatic rings. The molecule has 6 heteroatoms. The van der Waals surface area contributed by atoms with Gasteiger partial charge in [-0.1, -0.05) is 23.9 Å². The molecule has 0 fully saturated rings. The Hall–Kier alpha value is -1.66. The molecule has 1 aromatic heterocycles. The van der Waals surface area contributed by atoms with E-state index in [1.54, 1.807) is 18.6 Å². The number of nitrogens with zero attached hydrogens (tertiary/aromatic N) is 2. The number of Topliss-reactive ketones (excluding diaryl/α,β-unsaturated/α-hetero) is 1. The average Bonchev–Trinajstić information content (AvgIpc) is 2.54. The number of rotatable bonds is 9. The SMILES string of the molecule is COCCCn1c(SCCCC(C)=O)nc2ccccc2c1=O. The molecular formula is C17H22N2O3S. The van der Waals surface area contributed by atoms with E-state index < -0.39 is 0 Å². The van der Waals surface area contributed by atoms with Crippen molar-refractivity contribution in [3.63, 3.8) is 0 Å². The molecule has 0 saturated carbocycles. The summed E-state index contributed by atoms with van der Waals surface area (Å²) in [5, 5.41) is 1.35. The molecule has 0 unspecified atom stereocenters. The van der Waals surface area contributed by atoms with Gasteiger partial charge in [0, 0.05) is 32.4 Å². The summed E-state index contributed by atoms with van der Waals surface area (Å²) in [4.78, 5) is 28.4. The van der Waals surface area contributed by atoms with Crippen molar-refractivity contribution < 1.29 is 9.53 Å². The second kappa shape index (κ2) is 8.84. The maximum atomic E-state index is 12.7. The number of methoxy groups -OCH3 is 1. The van der Waals surface area contributed by atoms with E-state index in [9.17, 15) is 9.59 Å². The minimum Gasteiger partial charge on any atom is -0.385 e. The maximum Gasteiger partial charge on any atom is 0.262 e. The summed E-state index contributed by atoms with van der Waals surface area (Å²) in [6, 6.07) is 7.40. The van der Waals surface area contributed by atoms with Gasteiger partial charge in [-0.25, -0.2) is 4.98 Å². The van der Waals surface area contributed by atoms with Gasteiger partial charge in [0.2, 0.25) is 0 Å². The van der Waals surface area contributed by atoms with Gasteiger partial charge in [-0.15, -0.1) is 0 Å². The molecule has 0 amide bonds. The topological polar surface area (TPSA) is 61.2 Å². The van der Waals surface area contributed by atoms with Gasteiger partial charge in [-0.05, 0) is 31.9 Å². The number of carbonyl (C=O) groups excluding carboxylic acids is 1. The van der Waals surface area contributed by atoms with Crippen molar-refractivity contribution in [2.24, 2.45) is 0 Å². The first-order chi connectivity index (χ1) is 11.1. The normalized spacial score (nSPS) is 11.0. The van der Waals surface area contributed by atoms with Gasteiger partial charge < -0.3 is 9.53 Å². The van der Waals surface area contributed by atoms with Crippen LogP contribution in [0, 0.1) is 0 Å². The van der Waals surface area contributed by atoms with E-state index in [2.05, 4.69) is 4.98 Å². The summed E-state index contributed by atoms with van der Waals surface area (Å²) in [5.74, 6) is 0.962. The molecule has 2 rings (SSSR count). The van der Waals surface area contributed by atoms with Crippen LogP contribution in [0.15, 0.2) is 34.2 Å². The molecule has 0 atom stereocenters. The summed E-state index contributed by atoms with van der Waals surface area (Å²) in [6.45, 7) is 2.78. The highest BCUT2D eigenvalue weighted by Gasteiger charge is 2.11. The first kappa shape index (κ1) is 17.7. The van der Waals surface area contributed by atoms with Crippen molar-refractivity contribution >= 4 is 28.4 Å². The second-order valence-corrected chi connectivity index (χ2v) is 6.43. The predicted molar refractivity (Wildman–Crippen MR) is 93.1 cm³/mol. The van der Waals surface area contributed by atoms with Gasteiger partial charge in [0.1, 0.15) is 5.78 Å². The van der Waals surface area contributed by atoms with Crippen LogP contribution < -0.4 is 5.56 Å². The highest BCUT2D eigenvalue weighted by molar-refractivity contribution is 7.99. The van der Waals surface area contributed by atoms with Crippen LogP contribution in [0.3, 0.4) is 0 Å². The van der Waals surface area contributed by atoms with Crippen LogP contribution in [-0.2, 0) is 16.1 Å². The number of benzene rings is 1. The Morgan fingerprint density at radius 1 is 1.30 bits per heavy atom. The lowest BCUT2D eigenvalue weighted by atomic mass is 10.2. The lowest BCUT2D eigenvalue weighted by Gasteiger charge is -2.12. The fourth-order valence-electron chi connectivity index (χ4n) is 2.31. The molecule has 5 nitrogen and oxygen atoms in total. The van der Waals surface area contributed by atoms with E-state index in [-0.39, 0.29) is 11.3 Å². The van der Waals surface area contributed by atoms with Gasteiger partial charge in [0.25, 0.3) is 5.56 Å². The summed E-state index contributed by atoms with van der Waals surface area (Å²) in [5.41, 5.74) is 0.704. The molecule has 0 N–H and O–H groups in total. The summed E-state index contributed by atoms with van der Waals surface area (Å²) in [7, 11) is 1.65. The Morgan fingerprint density at radius 3 is 2.83 bits per heavy atom. The molecule has 2 aromatic rings. The minimum atomic E-state index is -0.0132. The number of ether oxygens (including phenoxy) is 1. The quantitative estimate of drug-likeness (QED) is 0.401. The van der Waals surface area contributed by atoms with Crippen LogP contribution in [0.2, 0.25) is 0 Å². The number of fused-ring (bicyclic) bond motifs is 1. The number of ketones is 1. The molecule has 0 saturated heterocycles. The smallest absolute Gasteiger partial charge is 0.262 e. The average molecular weight is 334 g/mol. The fourth-order valence-corrected chi connectivity index (χ4v) is 3.27. The van der Waals surface area contributed by atoms with Crippen molar-refractivity contribution in [2.45, 2.75) is 37.9 Å². The molecule has 1 heterocycles. The standard InChI is InChI=1S/C17H22N2O3S/c1-13(20)7-5-12-23-17-18-15-9-4-3-8-14(15)16(21)19(17)10-6-11-22-2/h3-4,8-9H,5-7,10-12H2,1-2H3. The van der Waals surface area contributed by atoms with E-state index >= 15 is 0 Å². The van der Waals surface area contributed by atoms with Crippen molar-refractivity contribution in [2.75, 3.05) is 19.5 Å². The monoisotopic (exact) mass is 334 g/mol. The zero-order valence-corrected chi connectivity index (χ0v) is 14.4. The molecular weight excluding hydrogens is 312 g/mol. The number of hydrogen-bond donors (Lipinski definition) is 0. The Morgan fingerprint density at radius 2 is 2.09 bits per heavy atom. The summed E-state index contributed by atoms with van der Waals surface area (Å²) >= 11 is 1.53. The molecule has 0 aliphatic carbocycles. The third kappa shape index (κ3) is 4.91. The molecule has 0 aliphatic heterocycles. The second-order valence-electron chi connectivity index (χ2n) is 5.37. The first-order valence-corrected chi connectivity index (χ1v) is 8.73. The van der Waals surface area contributed by atoms with Crippen molar-refractivity contribution in [3.8, 4) is 0 Å². The van der Waals surface area contributed by atoms with Gasteiger partial charge in [0.05, 0.1) is 10.9 Å². The number of carbonyl (C=O) groups is 1. The van der Waals surface area contributed by atoms with Crippen LogP contribution in [-0.4, -0.2) is 34.8 Å². The fraction of sp³-hybridized carbons (Fsp3) is 0.471. The van der Waals surface area contributed by atoms with Crippen LogP contribution in [0.1, 0.15) is 26.2 Å². The Bertz CT molecular complexity index is 727. The Labute approximate surface area is 140 Å². The van der Waals surface area contributed by atoms with Crippen LogP contribution >= 0.6 is 11.8 Å². The van der Waals surface area contributed by atoms with Crippen molar-refractivity contribution in [1.29, 1.82) is 0 Å². The van der Waals surface area contributed by atoms with Gasteiger partial charge in [-0.2, -0.15) is 0 Å². The largest absolute Gasteiger partial charge is 0.385 e. The molecule has 124 valence electrons. The minimum absolute atomic E-state index is 0.0132. The zero-order chi connectivity index (χ0) is 16.7. The Kier molecular flexibility index (Phi) is 6.80. The summed E-state index contributed by atoms with van der Waals surface area (Å²) < 4.78 is 6.80. The van der Waals surface area contributed by atoms with Crippen LogP contribution in [0.25, 0.3) is 10.9 Å². The van der Waals surface area contributed by atoms with E-state index in [1.165, 1.54) is 11.8 Å². The lowest BCUT2D eigenvalue weighted by molar-refractivity contribution is -0.117. The zero-order valence-electron chi connectivity index (χ0n) is 13.6. The molecule has 0 spiro atoms. The van der Waals surface area contributed by atoms with E-state index in [0.717, 1.165) is 24.1 Å². The third-order valence-corrected chi connectivity index (χ3v) is 4.52. The van der Waals surface area contributed by atoms with Crippen LogP contribution in [0.5, 0.6) is 0 Å². The molecule has 0 radical (unpaired) electrons. The van der Waals surface area contributed by atoms with Crippen LogP contribution in [0.4, 0.5) is 0 Å². The lowest BCUT2D eigenvalue weighted by Crippen LogP contribution is -2.24. The number of aromatic nitrogens is 2. The highest BCUT2D eigenvalue weighted by atomic mass is 32.2. The number of thioether (sulfide) groups is 1. The Balaban J connectivity index is 2.25. The van der Waals surface area contributed by atoms with Crippen molar-refractivity contribution in [3.05, 3.63) is 34.6 Å². The molecule has 1 aromatic carbocycles. The van der Waals surface area contributed by atoms with E-state index in [0.29, 0.717) is 30.1 Å². The van der Waals surface area contributed by atoms with Gasteiger partial charge in [-0.3, -0.25) is 9.36 Å². The van der Waals surface area contributed by atoms with Gasteiger partial charge in [0.15, 0.2) is 5.16 Å². The summed E-state index contributed by atoms with van der Waals surface area (Å²) in [6.07, 6.45) is 2.12. The predicted octanol–water partition coefficient (Wildman–Crippen LogP) is 2.89. The number of para-hydroxylation sites is 1. The highest BCUT2D eigenvalue weighted by Crippen LogP contribution is 2.19. The molecule has 0 bridgehead atoms. The van der Waals surface area contributed by atoms with E-state index in [1.807, 2.05) is 24.3 Å². The first-order valence-electron chi connectivity index (χ1n) is 7.74. The van der Waals surface area contributed by atoms with Crippen molar-refractivity contribution in [1.82, 2.24) is 9.55 Å². The number of hydrogen-bond acceptors (Lipinski definition) is 5. The third-order valence-electron chi connectivity index (χ3n) is 3.46. The maximum absolute atomic E-state index is 12.7.